The predicted octanol–water partition coefficient (Wildman–Crippen LogP) is 6.25. The smallest absolute Gasteiger partial charge is 0.255 e. The molecule has 216 valence electrons. The first kappa shape index (κ1) is 29.5. The molecule has 1 atom stereocenters. The number of fused-ring (bicyclic) bond motifs is 1. The van der Waals surface area contributed by atoms with Gasteiger partial charge in [-0.25, -0.2) is 0 Å². The maximum Gasteiger partial charge on any atom is 0.255 e. The Kier molecular flexibility index (Phi) is 9.68. The average Bonchev–Trinajstić information content (AvgIpc) is 3.01. The van der Waals surface area contributed by atoms with Crippen molar-refractivity contribution < 1.29 is 23.7 Å². The quantitative estimate of drug-likeness (QED) is 0.136. The van der Waals surface area contributed by atoms with E-state index >= 15 is 0 Å². The maximum absolute atomic E-state index is 13.2. The van der Waals surface area contributed by atoms with Gasteiger partial charge in [-0.05, 0) is 67.1 Å². The zero-order valence-electron chi connectivity index (χ0n) is 24.0. The van der Waals surface area contributed by atoms with Crippen LogP contribution in [0.4, 0.5) is 5.69 Å². The molecule has 1 aromatic heterocycles. The molecule has 0 saturated carbocycles. The van der Waals surface area contributed by atoms with Gasteiger partial charge in [0.2, 0.25) is 0 Å². The standard InChI is InChI=1S/C33H34N4O5/c1-6-7-11-26(33(38)36-21(2)22-9-8-10-25(18-22)39-3)32(34)37-23-12-14-24(15-13-23)42-29-16-17-35-28-20-31(41-5)30(40-4)19-27(28)29/h6-21,37H,1,34H2,2-5H3,(H,36,38)/b11-7-,32-26-/t21-/m0/s1. The molecule has 0 aliphatic heterocycles. The summed E-state index contributed by atoms with van der Waals surface area (Å²) in [5.41, 5.74) is 8.91. The van der Waals surface area contributed by atoms with Crippen LogP contribution < -0.4 is 35.3 Å². The van der Waals surface area contributed by atoms with Crippen LogP contribution in [0.2, 0.25) is 0 Å². The van der Waals surface area contributed by atoms with Gasteiger partial charge in [0.1, 0.15) is 23.1 Å². The summed E-state index contributed by atoms with van der Waals surface area (Å²) in [5.74, 6) is 2.92. The Labute approximate surface area is 245 Å². The SMILES string of the molecule is C=C/C=C\C(C(=O)N[C@@H](C)c1cccc(OC)c1)=C(/N)Nc1ccc(Oc2ccnc3cc(OC)c(OC)cc23)cc1. The van der Waals surface area contributed by atoms with Gasteiger partial charge in [-0.2, -0.15) is 0 Å². The number of nitrogens with two attached hydrogens (primary N) is 1. The molecular weight excluding hydrogens is 532 g/mol. The van der Waals surface area contributed by atoms with Crippen molar-refractivity contribution in [1.29, 1.82) is 0 Å². The number of methoxy groups -OCH3 is 3. The Morgan fingerprint density at radius 2 is 1.67 bits per heavy atom. The zero-order chi connectivity index (χ0) is 30.1. The van der Waals surface area contributed by atoms with Gasteiger partial charge >= 0.3 is 0 Å². The molecule has 1 heterocycles. The fraction of sp³-hybridized carbons (Fsp3) is 0.152. The van der Waals surface area contributed by atoms with E-state index in [1.165, 1.54) is 0 Å². The highest BCUT2D eigenvalue weighted by Gasteiger charge is 2.16. The summed E-state index contributed by atoms with van der Waals surface area (Å²) in [6.45, 7) is 5.59. The Morgan fingerprint density at radius 1 is 0.929 bits per heavy atom. The minimum absolute atomic E-state index is 0.179. The molecule has 4 N–H and O–H groups in total. The first-order valence-corrected chi connectivity index (χ1v) is 13.2. The number of nitrogens with zero attached hydrogens (tertiary/aromatic N) is 1. The Hall–Kier alpha value is -5.44. The highest BCUT2D eigenvalue weighted by molar-refractivity contribution is 5.97. The van der Waals surface area contributed by atoms with Gasteiger partial charge in [-0.15, -0.1) is 0 Å². The van der Waals surface area contributed by atoms with Crippen molar-refractivity contribution in [3.63, 3.8) is 0 Å². The van der Waals surface area contributed by atoms with E-state index in [1.807, 2.05) is 37.3 Å². The summed E-state index contributed by atoms with van der Waals surface area (Å²) in [6, 6.07) is 19.9. The number of pyridine rings is 1. The van der Waals surface area contributed by atoms with Crippen LogP contribution in [-0.4, -0.2) is 32.2 Å². The van der Waals surface area contributed by atoms with E-state index < -0.39 is 0 Å². The third-order valence-electron chi connectivity index (χ3n) is 6.44. The lowest BCUT2D eigenvalue weighted by atomic mass is 10.1. The molecular formula is C33H34N4O5. The van der Waals surface area contributed by atoms with Crippen LogP contribution in [0.15, 0.2) is 109 Å². The van der Waals surface area contributed by atoms with Gasteiger partial charge in [0, 0.05) is 23.3 Å². The molecule has 9 heteroatoms. The molecule has 0 fully saturated rings. The molecule has 3 aromatic carbocycles. The lowest BCUT2D eigenvalue weighted by Crippen LogP contribution is -2.30. The van der Waals surface area contributed by atoms with Crippen LogP contribution in [0.3, 0.4) is 0 Å². The molecule has 0 radical (unpaired) electrons. The molecule has 0 aliphatic carbocycles. The van der Waals surface area contributed by atoms with Crippen LogP contribution in [0, 0.1) is 0 Å². The Morgan fingerprint density at radius 3 is 2.36 bits per heavy atom. The summed E-state index contributed by atoms with van der Waals surface area (Å²) in [4.78, 5) is 17.6. The summed E-state index contributed by atoms with van der Waals surface area (Å²) in [5, 5.41) is 6.87. The molecule has 4 rings (SSSR count). The summed E-state index contributed by atoms with van der Waals surface area (Å²) >= 11 is 0. The number of hydrogen-bond donors (Lipinski definition) is 3. The second-order valence-corrected chi connectivity index (χ2v) is 9.18. The zero-order valence-corrected chi connectivity index (χ0v) is 24.0. The highest BCUT2D eigenvalue weighted by atomic mass is 16.5. The van der Waals surface area contributed by atoms with E-state index in [9.17, 15) is 4.79 Å². The van der Waals surface area contributed by atoms with Gasteiger partial charge < -0.3 is 35.3 Å². The molecule has 42 heavy (non-hydrogen) atoms. The number of hydrogen-bond acceptors (Lipinski definition) is 8. The lowest BCUT2D eigenvalue weighted by molar-refractivity contribution is -0.117. The largest absolute Gasteiger partial charge is 0.497 e. The molecule has 4 aromatic rings. The van der Waals surface area contributed by atoms with Crippen LogP contribution in [0.1, 0.15) is 18.5 Å². The second-order valence-electron chi connectivity index (χ2n) is 9.18. The minimum atomic E-state index is -0.343. The first-order valence-electron chi connectivity index (χ1n) is 13.2. The minimum Gasteiger partial charge on any atom is -0.497 e. The van der Waals surface area contributed by atoms with E-state index in [-0.39, 0.29) is 23.3 Å². The normalized spacial score (nSPS) is 12.3. The number of aromatic nitrogens is 1. The van der Waals surface area contributed by atoms with Crippen LogP contribution in [-0.2, 0) is 4.79 Å². The molecule has 0 bridgehead atoms. The fourth-order valence-corrected chi connectivity index (χ4v) is 4.21. The van der Waals surface area contributed by atoms with Crippen molar-refractivity contribution in [2.75, 3.05) is 26.6 Å². The number of anilines is 1. The monoisotopic (exact) mass is 566 g/mol. The number of carbonyl (C=O) groups is 1. The van der Waals surface area contributed by atoms with E-state index in [0.29, 0.717) is 40.0 Å². The third kappa shape index (κ3) is 7.00. The maximum atomic E-state index is 13.2. The van der Waals surface area contributed by atoms with Gasteiger partial charge in [0.05, 0.1) is 38.5 Å². The van der Waals surface area contributed by atoms with Crippen LogP contribution >= 0.6 is 0 Å². The number of rotatable bonds is 12. The molecule has 0 spiro atoms. The summed E-state index contributed by atoms with van der Waals surface area (Å²) < 4.78 is 22.3. The highest BCUT2D eigenvalue weighted by Crippen LogP contribution is 2.37. The Bertz CT molecular complexity index is 1630. The van der Waals surface area contributed by atoms with Gasteiger partial charge in [0.25, 0.3) is 5.91 Å². The predicted molar refractivity (Wildman–Crippen MR) is 165 cm³/mol. The fourth-order valence-electron chi connectivity index (χ4n) is 4.21. The van der Waals surface area contributed by atoms with Crippen molar-refractivity contribution in [3.8, 4) is 28.7 Å². The van der Waals surface area contributed by atoms with Crippen molar-refractivity contribution >= 4 is 22.5 Å². The number of allylic oxidation sites excluding steroid dienone is 2. The van der Waals surface area contributed by atoms with Gasteiger partial charge in [-0.3, -0.25) is 9.78 Å². The van der Waals surface area contributed by atoms with Gasteiger partial charge in [-0.1, -0.05) is 30.9 Å². The van der Waals surface area contributed by atoms with Crippen molar-refractivity contribution in [3.05, 3.63) is 115 Å². The topological polar surface area (TPSA) is 117 Å². The summed E-state index contributed by atoms with van der Waals surface area (Å²) in [6.07, 6.45) is 6.51. The first-order chi connectivity index (χ1) is 20.4. The molecule has 9 nitrogen and oxygen atoms in total. The third-order valence-corrected chi connectivity index (χ3v) is 6.44. The Balaban J connectivity index is 1.51. The van der Waals surface area contributed by atoms with Crippen LogP contribution in [0.5, 0.6) is 28.7 Å². The van der Waals surface area contributed by atoms with Gasteiger partial charge in [0.15, 0.2) is 11.5 Å². The molecule has 0 aliphatic rings. The van der Waals surface area contributed by atoms with E-state index in [0.717, 1.165) is 10.9 Å². The second kappa shape index (κ2) is 13.8. The van der Waals surface area contributed by atoms with Crippen molar-refractivity contribution in [1.82, 2.24) is 10.3 Å². The van der Waals surface area contributed by atoms with E-state index in [1.54, 1.807) is 82.2 Å². The van der Waals surface area contributed by atoms with E-state index in [2.05, 4.69) is 22.2 Å². The van der Waals surface area contributed by atoms with E-state index in [4.69, 9.17) is 24.7 Å². The molecule has 0 unspecified atom stereocenters. The van der Waals surface area contributed by atoms with Crippen molar-refractivity contribution in [2.45, 2.75) is 13.0 Å². The molecule has 0 saturated heterocycles. The number of carbonyl (C=O) groups excluding carboxylic acids is 1. The number of nitrogens with one attached hydrogen (secondary N) is 2. The number of amides is 1. The summed E-state index contributed by atoms with van der Waals surface area (Å²) in [7, 11) is 4.76. The average molecular weight is 567 g/mol. The molecule has 1 amide bonds. The lowest BCUT2D eigenvalue weighted by Gasteiger charge is -2.17. The van der Waals surface area contributed by atoms with Crippen molar-refractivity contribution in [2.24, 2.45) is 5.73 Å². The number of ether oxygens (including phenoxy) is 4. The van der Waals surface area contributed by atoms with Crippen LogP contribution in [0.25, 0.3) is 10.9 Å². The number of benzene rings is 3.